The number of anilines is 1. The largest absolute Gasteiger partial charge is 0.342 e. The second-order valence-corrected chi connectivity index (χ2v) is 8.97. The van der Waals surface area contributed by atoms with Crippen molar-refractivity contribution in [3.63, 3.8) is 0 Å². The number of carbonyl (C=O) groups excluding carboxylic acids is 2. The zero-order valence-corrected chi connectivity index (χ0v) is 17.4. The number of nitrogens with zero attached hydrogens (tertiary/aromatic N) is 3. The van der Waals surface area contributed by atoms with Crippen molar-refractivity contribution in [2.45, 2.75) is 50.9 Å². The van der Waals surface area contributed by atoms with E-state index in [0.717, 1.165) is 49.6 Å². The van der Waals surface area contributed by atoms with Crippen molar-refractivity contribution in [1.29, 1.82) is 0 Å². The predicted octanol–water partition coefficient (Wildman–Crippen LogP) is 4.35. The zero-order valence-electron chi connectivity index (χ0n) is 16.6. The lowest BCUT2D eigenvalue weighted by Gasteiger charge is -2.34. The molecular formula is C21H24F2N4O2S. The third-order valence-corrected chi connectivity index (χ3v) is 7.01. The molecule has 0 bridgehead atoms. The maximum atomic E-state index is 13.7. The van der Waals surface area contributed by atoms with Gasteiger partial charge in [-0.1, -0.05) is 30.6 Å². The van der Waals surface area contributed by atoms with E-state index >= 15 is 0 Å². The van der Waals surface area contributed by atoms with Gasteiger partial charge in [-0.15, -0.1) is 10.2 Å². The average molecular weight is 435 g/mol. The van der Waals surface area contributed by atoms with Crippen LogP contribution in [0.3, 0.4) is 0 Å². The molecule has 0 atom stereocenters. The third kappa shape index (κ3) is 4.66. The monoisotopic (exact) mass is 434 g/mol. The highest BCUT2D eigenvalue weighted by Gasteiger charge is 2.31. The molecule has 1 saturated heterocycles. The molecule has 1 saturated carbocycles. The fraction of sp³-hybridized carbons (Fsp3) is 0.524. The van der Waals surface area contributed by atoms with Crippen molar-refractivity contribution in [3.05, 3.63) is 39.8 Å². The second-order valence-electron chi connectivity index (χ2n) is 7.96. The van der Waals surface area contributed by atoms with Crippen LogP contribution in [0, 0.1) is 17.6 Å². The number of hydrogen-bond acceptors (Lipinski definition) is 5. The van der Waals surface area contributed by atoms with E-state index in [0.29, 0.717) is 19.2 Å². The van der Waals surface area contributed by atoms with Crippen molar-refractivity contribution >= 4 is 28.8 Å². The Bertz CT molecular complexity index is 921. The van der Waals surface area contributed by atoms with Gasteiger partial charge >= 0.3 is 0 Å². The molecule has 6 nitrogen and oxygen atoms in total. The Balaban J connectivity index is 1.33. The number of amides is 2. The van der Waals surface area contributed by atoms with Crippen LogP contribution in [0.4, 0.5) is 14.5 Å². The van der Waals surface area contributed by atoms with Gasteiger partial charge in [0.1, 0.15) is 16.6 Å². The molecule has 1 N–H and O–H groups in total. The standard InChI is InChI=1S/C21H24F2N4O2S/c22-15-6-7-17(16(23)12-15)24-18(28)20-26-25-19(30-20)13-8-10-27(11-9-13)21(29)14-4-2-1-3-5-14/h6-7,12-14H,1-5,8-11H2,(H,24,28). The minimum Gasteiger partial charge on any atom is -0.342 e. The van der Waals surface area contributed by atoms with Gasteiger partial charge in [-0.2, -0.15) is 0 Å². The molecule has 0 radical (unpaired) electrons. The first kappa shape index (κ1) is 20.8. The van der Waals surface area contributed by atoms with Gasteiger partial charge in [0.25, 0.3) is 5.91 Å². The first-order valence-electron chi connectivity index (χ1n) is 10.4. The molecule has 4 rings (SSSR count). The summed E-state index contributed by atoms with van der Waals surface area (Å²) in [5.41, 5.74) is -0.104. The van der Waals surface area contributed by atoms with Gasteiger partial charge in [0.15, 0.2) is 0 Å². The Hall–Kier alpha value is -2.42. The van der Waals surface area contributed by atoms with Gasteiger partial charge in [-0.3, -0.25) is 9.59 Å². The number of hydrogen-bond donors (Lipinski definition) is 1. The SMILES string of the molecule is O=C(Nc1ccc(F)cc1F)c1nnc(C2CCN(C(=O)C3CCCCC3)CC2)s1. The van der Waals surface area contributed by atoms with Crippen molar-refractivity contribution < 1.29 is 18.4 Å². The van der Waals surface area contributed by atoms with E-state index in [1.54, 1.807) is 0 Å². The van der Waals surface area contributed by atoms with Gasteiger partial charge in [0, 0.05) is 31.0 Å². The lowest BCUT2D eigenvalue weighted by Crippen LogP contribution is -2.41. The van der Waals surface area contributed by atoms with Crippen LogP contribution in [-0.4, -0.2) is 40.0 Å². The summed E-state index contributed by atoms with van der Waals surface area (Å²) >= 11 is 1.18. The van der Waals surface area contributed by atoms with Crippen LogP contribution in [0.5, 0.6) is 0 Å². The topological polar surface area (TPSA) is 75.2 Å². The van der Waals surface area contributed by atoms with E-state index in [2.05, 4.69) is 15.5 Å². The predicted molar refractivity (Wildman–Crippen MR) is 109 cm³/mol. The Labute approximate surface area is 177 Å². The quantitative estimate of drug-likeness (QED) is 0.776. The van der Waals surface area contributed by atoms with Gasteiger partial charge in [-0.05, 0) is 37.8 Å². The fourth-order valence-corrected chi connectivity index (χ4v) is 5.12. The second kappa shape index (κ2) is 9.16. The summed E-state index contributed by atoms with van der Waals surface area (Å²) in [6.07, 6.45) is 7.11. The van der Waals surface area contributed by atoms with Gasteiger partial charge in [-0.25, -0.2) is 8.78 Å². The van der Waals surface area contributed by atoms with Gasteiger partial charge < -0.3 is 10.2 Å². The number of rotatable bonds is 4. The average Bonchev–Trinajstić information content (AvgIpc) is 3.26. The molecule has 2 aliphatic rings. The number of aromatic nitrogens is 2. The molecule has 2 aromatic rings. The molecule has 0 spiro atoms. The number of nitrogens with one attached hydrogen (secondary N) is 1. The van der Waals surface area contributed by atoms with Crippen LogP contribution in [0.15, 0.2) is 18.2 Å². The molecule has 0 unspecified atom stereocenters. The molecule has 2 heterocycles. The van der Waals surface area contributed by atoms with Crippen molar-refractivity contribution in [1.82, 2.24) is 15.1 Å². The van der Waals surface area contributed by atoms with Crippen LogP contribution in [0.25, 0.3) is 0 Å². The summed E-state index contributed by atoms with van der Waals surface area (Å²) in [7, 11) is 0. The molecule has 160 valence electrons. The highest BCUT2D eigenvalue weighted by atomic mass is 32.1. The van der Waals surface area contributed by atoms with E-state index < -0.39 is 17.5 Å². The molecule has 2 amide bonds. The first-order valence-corrected chi connectivity index (χ1v) is 11.2. The minimum absolute atomic E-state index is 0.104. The maximum Gasteiger partial charge on any atom is 0.286 e. The van der Waals surface area contributed by atoms with E-state index in [1.165, 1.54) is 23.8 Å². The number of piperidine rings is 1. The minimum atomic E-state index is -0.844. The summed E-state index contributed by atoms with van der Waals surface area (Å²) in [5.74, 6) is -1.51. The zero-order chi connectivity index (χ0) is 21.1. The smallest absolute Gasteiger partial charge is 0.286 e. The Morgan fingerprint density at radius 3 is 2.47 bits per heavy atom. The number of halogens is 2. The fourth-order valence-electron chi connectivity index (χ4n) is 4.21. The number of carbonyl (C=O) groups is 2. The summed E-state index contributed by atoms with van der Waals surface area (Å²) in [4.78, 5) is 27.0. The summed E-state index contributed by atoms with van der Waals surface area (Å²) < 4.78 is 26.7. The molecule has 1 aliphatic heterocycles. The Kier molecular flexibility index (Phi) is 6.36. The molecule has 1 aromatic heterocycles. The van der Waals surface area contributed by atoms with Crippen molar-refractivity contribution in [3.8, 4) is 0 Å². The molecule has 30 heavy (non-hydrogen) atoms. The molecule has 9 heteroatoms. The molecule has 1 aromatic carbocycles. The van der Waals surface area contributed by atoms with Crippen LogP contribution in [0.2, 0.25) is 0 Å². The van der Waals surface area contributed by atoms with Crippen LogP contribution in [0.1, 0.15) is 65.7 Å². The third-order valence-electron chi connectivity index (χ3n) is 5.92. The van der Waals surface area contributed by atoms with Crippen LogP contribution < -0.4 is 5.32 Å². The van der Waals surface area contributed by atoms with E-state index in [1.807, 2.05) is 4.90 Å². The van der Waals surface area contributed by atoms with E-state index in [9.17, 15) is 18.4 Å². The van der Waals surface area contributed by atoms with Crippen LogP contribution >= 0.6 is 11.3 Å². The van der Waals surface area contributed by atoms with Crippen LogP contribution in [-0.2, 0) is 4.79 Å². The van der Waals surface area contributed by atoms with E-state index in [-0.39, 0.29) is 28.4 Å². The van der Waals surface area contributed by atoms with Crippen molar-refractivity contribution in [2.75, 3.05) is 18.4 Å². The maximum absolute atomic E-state index is 13.7. The van der Waals surface area contributed by atoms with Gasteiger partial charge in [0.2, 0.25) is 10.9 Å². The number of likely N-dealkylation sites (tertiary alicyclic amines) is 1. The normalized spacial score (nSPS) is 18.4. The number of benzene rings is 1. The summed E-state index contributed by atoms with van der Waals surface area (Å²) in [6, 6.07) is 2.96. The summed E-state index contributed by atoms with van der Waals surface area (Å²) in [5, 5.41) is 11.4. The Morgan fingerprint density at radius 2 is 1.77 bits per heavy atom. The molecule has 2 fully saturated rings. The highest BCUT2D eigenvalue weighted by Crippen LogP contribution is 2.32. The Morgan fingerprint density at radius 1 is 1.03 bits per heavy atom. The van der Waals surface area contributed by atoms with E-state index in [4.69, 9.17) is 0 Å². The molecule has 1 aliphatic carbocycles. The lowest BCUT2D eigenvalue weighted by atomic mass is 9.87. The summed E-state index contributed by atoms with van der Waals surface area (Å²) in [6.45, 7) is 1.39. The van der Waals surface area contributed by atoms with Gasteiger partial charge in [0.05, 0.1) is 5.69 Å². The molecular weight excluding hydrogens is 410 g/mol. The van der Waals surface area contributed by atoms with Crippen molar-refractivity contribution in [2.24, 2.45) is 5.92 Å². The highest BCUT2D eigenvalue weighted by molar-refractivity contribution is 7.13. The lowest BCUT2D eigenvalue weighted by molar-refractivity contribution is -0.137. The first-order chi connectivity index (χ1) is 14.5.